The standard InChI is InChI=1S/C12H19NO/c1-9-8-12(14)10(2)7-11(9)5-6-13(3)4/h7-8,14H,5-6H2,1-4H3. The number of hydrogen-bond donors (Lipinski definition) is 1. The SMILES string of the molecule is Cc1cc(CCN(C)C)c(C)cc1O. The second-order valence-electron chi connectivity index (χ2n) is 4.12. The first-order chi connectivity index (χ1) is 6.50. The van der Waals surface area contributed by atoms with E-state index in [1.807, 2.05) is 19.9 Å². The van der Waals surface area contributed by atoms with Crippen LogP contribution in [0.2, 0.25) is 0 Å². The third-order valence-electron chi connectivity index (χ3n) is 2.48. The zero-order chi connectivity index (χ0) is 10.7. The van der Waals surface area contributed by atoms with Crippen molar-refractivity contribution >= 4 is 0 Å². The minimum Gasteiger partial charge on any atom is -0.508 e. The number of aromatic hydroxyl groups is 1. The number of hydrogen-bond acceptors (Lipinski definition) is 2. The summed E-state index contributed by atoms with van der Waals surface area (Å²) in [6.45, 7) is 5.03. The van der Waals surface area contributed by atoms with Crippen LogP contribution < -0.4 is 0 Å². The Balaban J connectivity index is 2.82. The van der Waals surface area contributed by atoms with Gasteiger partial charge in [-0.1, -0.05) is 6.07 Å². The molecule has 0 spiro atoms. The van der Waals surface area contributed by atoms with Gasteiger partial charge in [0.1, 0.15) is 5.75 Å². The quantitative estimate of drug-likeness (QED) is 0.794. The highest BCUT2D eigenvalue weighted by Gasteiger charge is 2.03. The molecule has 2 heteroatoms. The Hall–Kier alpha value is -1.02. The molecule has 0 aromatic heterocycles. The highest BCUT2D eigenvalue weighted by molar-refractivity contribution is 5.40. The zero-order valence-electron chi connectivity index (χ0n) is 9.46. The summed E-state index contributed by atoms with van der Waals surface area (Å²) >= 11 is 0. The summed E-state index contributed by atoms with van der Waals surface area (Å²) in [6.07, 6.45) is 1.04. The van der Waals surface area contributed by atoms with Gasteiger partial charge in [-0.3, -0.25) is 0 Å². The van der Waals surface area contributed by atoms with Crippen molar-refractivity contribution in [3.05, 3.63) is 28.8 Å². The van der Waals surface area contributed by atoms with Gasteiger partial charge >= 0.3 is 0 Å². The number of phenolic OH excluding ortho intramolecular Hbond substituents is 1. The summed E-state index contributed by atoms with van der Waals surface area (Å²) in [6, 6.07) is 3.93. The van der Waals surface area contributed by atoms with E-state index in [2.05, 4.69) is 25.1 Å². The lowest BCUT2D eigenvalue weighted by molar-refractivity contribution is 0.413. The number of benzene rings is 1. The van der Waals surface area contributed by atoms with Crippen LogP contribution >= 0.6 is 0 Å². The first-order valence-corrected chi connectivity index (χ1v) is 4.94. The van der Waals surface area contributed by atoms with Crippen LogP contribution in [0, 0.1) is 13.8 Å². The van der Waals surface area contributed by atoms with Gasteiger partial charge in [-0.15, -0.1) is 0 Å². The number of likely N-dealkylation sites (N-methyl/N-ethyl adjacent to an activating group) is 1. The molecule has 0 amide bonds. The minimum atomic E-state index is 0.399. The first-order valence-electron chi connectivity index (χ1n) is 4.94. The molecule has 0 aliphatic heterocycles. The number of rotatable bonds is 3. The van der Waals surface area contributed by atoms with Gasteiger partial charge in [0.05, 0.1) is 0 Å². The maximum atomic E-state index is 9.49. The zero-order valence-corrected chi connectivity index (χ0v) is 9.46. The topological polar surface area (TPSA) is 23.5 Å². The molecule has 0 fully saturated rings. The molecule has 78 valence electrons. The van der Waals surface area contributed by atoms with Crippen LogP contribution in [0.15, 0.2) is 12.1 Å². The van der Waals surface area contributed by atoms with Gasteiger partial charge in [0.25, 0.3) is 0 Å². The van der Waals surface area contributed by atoms with Crippen molar-refractivity contribution in [2.45, 2.75) is 20.3 Å². The lowest BCUT2D eigenvalue weighted by atomic mass is 10.0. The van der Waals surface area contributed by atoms with Gasteiger partial charge in [-0.25, -0.2) is 0 Å². The summed E-state index contributed by atoms with van der Waals surface area (Å²) in [5, 5.41) is 9.49. The summed E-state index contributed by atoms with van der Waals surface area (Å²) in [5.41, 5.74) is 3.47. The molecular weight excluding hydrogens is 174 g/mol. The molecule has 14 heavy (non-hydrogen) atoms. The third kappa shape index (κ3) is 2.74. The van der Waals surface area contributed by atoms with Gasteiger partial charge < -0.3 is 10.0 Å². The van der Waals surface area contributed by atoms with E-state index in [-0.39, 0.29) is 0 Å². The van der Waals surface area contributed by atoms with Crippen LogP contribution in [0.25, 0.3) is 0 Å². The van der Waals surface area contributed by atoms with Gasteiger partial charge in [0.15, 0.2) is 0 Å². The van der Waals surface area contributed by atoms with E-state index >= 15 is 0 Å². The number of aryl methyl sites for hydroxylation is 2. The predicted octanol–water partition coefficient (Wildman–Crippen LogP) is 2.11. The van der Waals surface area contributed by atoms with Gasteiger partial charge in [-0.05, 0) is 57.1 Å². The molecule has 0 aliphatic rings. The van der Waals surface area contributed by atoms with Crippen LogP contribution in [-0.4, -0.2) is 30.6 Å². The van der Waals surface area contributed by atoms with Crippen molar-refractivity contribution < 1.29 is 5.11 Å². The molecule has 1 aromatic carbocycles. The van der Waals surface area contributed by atoms with Crippen molar-refractivity contribution in [2.75, 3.05) is 20.6 Å². The summed E-state index contributed by atoms with van der Waals surface area (Å²) < 4.78 is 0. The van der Waals surface area contributed by atoms with E-state index in [4.69, 9.17) is 0 Å². The monoisotopic (exact) mass is 193 g/mol. The Morgan fingerprint density at radius 3 is 2.36 bits per heavy atom. The predicted molar refractivity (Wildman–Crippen MR) is 59.8 cm³/mol. The van der Waals surface area contributed by atoms with Crippen LogP contribution in [0.3, 0.4) is 0 Å². The van der Waals surface area contributed by atoms with Crippen molar-refractivity contribution in [3.8, 4) is 5.75 Å². The van der Waals surface area contributed by atoms with Crippen molar-refractivity contribution in [3.63, 3.8) is 0 Å². The Morgan fingerprint density at radius 1 is 1.14 bits per heavy atom. The van der Waals surface area contributed by atoms with Crippen molar-refractivity contribution in [2.24, 2.45) is 0 Å². The Kier molecular flexibility index (Phi) is 3.53. The second kappa shape index (κ2) is 4.47. The first kappa shape index (κ1) is 11.1. The molecule has 0 aliphatic carbocycles. The molecule has 1 aromatic rings. The fourth-order valence-electron chi connectivity index (χ4n) is 1.47. The molecule has 0 radical (unpaired) electrons. The molecule has 1 rings (SSSR count). The second-order valence-corrected chi connectivity index (χ2v) is 4.12. The Morgan fingerprint density at radius 2 is 1.79 bits per heavy atom. The van der Waals surface area contributed by atoms with E-state index in [1.54, 1.807) is 0 Å². The van der Waals surface area contributed by atoms with Crippen LogP contribution in [-0.2, 0) is 6.42 Å². The average molecular weight is 193 g/mol. The smallest absolute Gasteiger partial charge is 0.118 e. The fourth-order valence-corrected chi connectivity index (χ4v) is 1.47. The van der Waals surface area contributed by atoms with E-state index in [9.17, 15) is 5.11 Å². The van der Waals surface area contributed by atoms with Gasteiger partial charge in [-0.2, -0.15) is 0 Å². The average Bonchev–Trinajstić information content (AvgIpc) is 2.09. The lowest BCUT2D eigenvalue weighted by Crippen LogP contribution is -2.15. The third-order valence-corrected chi connectivity index (χ3v) is 2.48. The highest BCUT2D eigenvalue weighted by atomic mass is 16.3. The highest BCUT2D eigenvalue weighted by Crippen LogP contribution is 2.21. The summed E-state index contributed by atoms with van der Waals surface area (Å²) in [5.74, 6) is 0.399. The molecule has 0 atom stereocenters. The van der Waals surface area contributed by atoms with E-state index in [1.165, 1.54) is 11.1 Å². The van der Waals surface area contributed by atoms with E-state index in [0.29, 0.717) is 5.75 Å². The van der Waals surface area contributed by atoms with Crippen LogP contribution in [0.5, 0.6) is 5.75 Å². The lowest BCUT2D eigenvalue weighted by Gasteiger charge is -2.12. The molecule has 0 saturated heterocycles. The number of nitrogens with zero attached hydrogens (tertiary/aromatic N) is 1. The maximum Gasteiger partial charge on any atom is 0.118 e. The minimum absolute atomic E-state index is 0.399. The Labute approximate surface area is 86.2 Å². The van der Waals surface area contributed by atoms with Crippen molar-refractivity contribution in [1.29, 1.82) is 0 Å². The maximum absolute atomic E-state index is 9.49. The fraction of sp³-hybridized carbons (Fsp3) is 0.500. The molecule has 0 unspecified atom stereocenters. The van der Waals surface area contributed by atoms with Crippen LogP contribution in [0.4, 0.5) is 0 Å². The van der Waals surface area contributed by atoms with Gasteiger partial charge in [0.2, 0.25) is 0 Å². The molecule has 2 nitrogen and oxygen atoms in total. The van der Waals surface area contributed by atoms with Crippen molar-refractivity contribution in [1.82, 2.24) is 4.90 Å². The molecule has 0 bridgehead atoms. The summed E-state index contributed by atoms with van der Waals surface area (Å²) in [4.78, 5) is 2.17. The molecule has 0 heterocycles. The molecule has 0 saturated carbocycles. The van der Waals surface area contributed by atoms with Gasteiger partial charge in [0, 0.05) is 6.54 Å². The molecular formula is C12H19NO. The normalized spacial score (nSPS) is 10.9. The molecule has 1 N–H and O–H groups in total. The van der Waals surface area contributed by atoms with Crippen LogP contribution in [0.1, 0.15) is 16.7 Å². The largest absolute Gasteiger partial charge is 0.508 e. The van der Waals surface area contributed by atoms with E-state index in [0.717, 1.165) is 18.5 Å². The summed E-state index contributed by atoms with van der Waals surface area (Å²) in [7, 11) is 4.14. The Bertz CT molecular complexity index is 318. The van der Waals surface area contributed by atoms with E-state index < -0.39 is 0 Å². The number of phenols is 1.